The molecule has 3 heterocycles. The molecule has 0 aliphatic rings. The molecule has 0 saturated carbocycles. The van der Waals surface area contributed by atoms with Gasteiger partial charge in [-0.15, -0.1) is 29.3 Å². The van der Waals surface area contributed by atoms with Gasteiger partial charge in [0.25, 0.3) is 11.2 Å². The van der Waals surface area contributed by atoms with E-state index >= 15 is 0 Å². The molecule has 3 aromatic heterocycles. The summed E-state index contributed by atoms with van der Waals surface area (Å²) < 4.78 is 1.49. The Morgan fingerprint density at radius 2 is 2.15 bits per heavy atom. The van der Waals surface area contributed by atoms with Crippen molar-refractivity contribution in [3.05, 3.63) is 79.8 Å². The average molecular weight is 499 g/mol. The lowest BCUT2D eigenvalue weighted by atomic mass is 10.1. The van der Waals surface area contributed by atoms with Crippen LogP contribution in [-0.2, 0) is 11.3 Å². The van der Waals surface area contributed by atoms with E-state index in [1.165, 1.54) is 22.0 Å². The number of benzene rings is 1. The molecule has 0 fully saturated rings. The second-order valence-electron chi connectivity index (χ2n) is 6.97. The number of amides is 1. The number of hydrogen-bond acceptors (Lipinski definition) is 8. The molecule has 1 aromatic carbocycles. The van der Waals surface area contributed by atoms with Gasteiger partial charge in [0.05, 0.1) is 16.1 Å². The van der Waals surface area contributed by atoms with Crippen LogP contribution in [0.15, 0.2) is 63.7 Å². The Kier molecular flexibility index (Phi) is 6.72. The molecular formula is C22H18N4O4S3. The van der Waals surface area contributed by atoms with Crippen LogP contribution in [0.4, 0.5) is 11.4 Å². The third-order valence-electron chi connectivity index (χ3n) is 4.80. The first-order chi connectivity index (χ1) is 15.9. The van der Waals surface area contributed by atoms with Gasteiger partial charge in [-0.1, -0.05) is 36.0 Å². The minimum absolute atomic E-state index is 0.0657. The molecular weight excluding hydrogens is 480 g/mol. The number of fused-ring (bicyclic) bond motifs is 1. The number of aryl methyl sites for hydroxylation is 1. The van der Waals surface area contributed by atoms with Gasteiger partial charge in [0.2, 0.25) is 5.91 Å². The molecule has 4 aromatic rings. The number of thiophene rings is 2. The maximum atomic E-state index is 13.3. The molecule has 0 saturated heterocycles. The Labute approximate surface area is 200 Å². The first kappa shape index (κ1) is 22.9. The SMILES string of the molecule is C=CCn1c(SCC(=O)Nc2c(C)cccc2[N+](=O)[O-])nc2scc(-c3cccs3)c2c1=O. The van der Waals surface area contributed by atoms with E-state index in [9.17, 15) is 19.7 Å². The third kappa shape index (κ3) is 4.61. The second-order valence-corrected chi connectivity index (χ2v) is 9.72. The number of thioether (sulfide) groups is 1. The largest absolute Gasteiger partial charge is 0.319 e. The lowest BCUT2D eigenvalue weighted by molar-refractivity contribution is -0.384. The molecule has 0 aliphatic heterocycles. The zero-order valence-corrected chi connectivity index (χ0v) is 19.9. The number of aromatic nitrogens is 2. The van der Waals surface area contributed by atoms with Crippen molar-refractivity contribution in [1.29, 1.82) is 0 Å². The summed E-state index contributed by atoms with van der Waals surface area (Å²) in [6, 6.07) is 8.49. The normalized spacial score (nSPS) is 10.9. The van der Waals surface area contributed by atoms with Crippen LogP contribution in [0.3, 0.4) is 0 Å². The summed E-state index contributed by atoms with van der Waals surface area (Å²) in [5.74, 6) is -0.494. The molecule has 0 bridgehead atoms. The Morgan fingerprint density at radius 1 is 1.33 bits per heavy atom. The standard InChI is InChI=1S/C22H18N4O4S3/c1-3-9-25-21(28)18-14(16-8-5-10-31-16)11-32-20(18)24-22(25)33-12-17(27)23-19-13(2)6-4-7-15(19)26(29)30/h3-8,10-11H,1,9,12H2,2H3,(H,23,27). The van der Waals surface area contributed by atoms with Gasteiger partial charge in [0, 0.05) is 28.4 Å². The Hall–Kier alpha value is -3.28. The predicted molar refractivity (Wildman–Crippen MR) is 135 cm³/mol. The molecule has 0 unspecified atom stereocenters. The quantitative estimate of drug-likeness (QED) is 0.116. The molecule has 33 heavy (non-hydrogen) atoms. The van der Waals surface area contributed by atoms with Crippen molar-refractivity contribution in [3.8, 4) is 10.4 Å². The number of nitrogens with zero attached hydrogens (tertiary/aromatic N) is 3. The van der Waals surface area contributed by atoms with Crippen LogP contribution in [0.25, 0.3) is 20.7 Å². The highest BCUT2D eigenvalue weighted by atomic mass is 32.2. The van der Waals surface area contributed by atoms with Crippen molar-refractivity contribution in [2.75, 3.05) is 11.1 Å². The molecule has 0 aliphatic carbocycles. The summed E-state index contributed by atoms with van der Waals surface area (Å²) in [6.07, 6.45) is 1.60. The highest BCUT2D eigenvalue weighted by Gasteiger charge is 2.20. The number of nitro benzene ring substituents is 1. The van der Waals surface area contributed by atoms with Gasteiger partial charge in [0.1, 0.15) is 10.5 Å². The van der Waals surface area contributed by atoms with Crippen LogP contribution < -0.4 is 10.9 Å². The van der Waals surface area contributed by atoms with Crippen LogP contribution in [0.1, 0.15) is 5.56 Å². The first-order valence-corrected chi connectivity index (χ1v) is 12.5. The fourth-order valence-corrected chi connectivity index (χ4v) is 5.90. The Balaban J connectivity index is 1.62. The van der Waals surface area contributed by atoms with Crippen LogP contribution in [0.5, 0.6) is 0 Å². The number of para-hydroxylation sites is 1. The van der Waals surface area contributed by atoms with Gasteiger partial charge in [-0.05, 0) is 23.9 Å². The van der Waals surface area contributed by atoms with E-state index in [4.69, 9.17) is 0 Å². The number of anilines is 1. The number of carbonyl (C=O) groups excluding carboxylic acids is 1. The summed E-state index contributed by atoms with van der Waals surface area (Å²) in [6.45, 7) is 5.66. The Morgan fingerprint density at radius 3 is 2.85 bits per heavy atom. The van der Waals surface area contributed by atoms with Gasteiger partial charge in [-0.2, -0.15) is 0 Å². The molecule has 0 atom stereocenters. The summed E-state index contributed by atoms with van der Waals surface area (Å²) in [4.78, 5) is 42.9. The van der Waals surface area contributed by atoms with Crippen LogP contribution in [0, 0.1) is 17.0 Å². The minimum Gasteiger partial charge on any atom is -0.319 e. The van der Waals surface area contributed by atoms with Gasteiger partial charge in [-0.3, -0.25) is 24.3 Å². The number of nitro groups is 1. The molecule has 0 spiro atoms. The monoisotopic (exact) mass is 498 g/mol. The summed E-state index contributed by atoms with van der Waals surface area (Å²) in [7, 11) is 0. The highest BCUT2D eigenvalue weighted by Crippen LogP contribution is 2.35. The molecule has 11 heteroatoms. The van der Waals surface area contributed by atoms with E-state index in [1.807, 2.05) is 22.9 Å². The molecule has 0 radical (unpaired) electrons. The van der Waals surface area contributed by atoms with Crippen molar-refractivity contribution in [2.45, 2.75) is 18.6 Å². The third-order valence-corrected chi connectivity index (χ3v) is 7.55. The van der Waals surface area contributed by atoms with Crippen molar-refractivity contribution in [3.63, 3.8) is 0 Å². The lowest BCUT2D eigenvalue weighted by Gasteiger charge is -2.11. The fourth-order valence-electron chi connectivity index (χ4n) is 3.29. The molecule has 168 valence electrons. The smallest absolute Gasteiger partial charge is 0.293 e. The van der Waals surface area contributed by atoms with Gasteiger partial charge in [-0.25, -0.2) is 4.98 Å². The maximum absolute atomic E-state index is 13.3. The van der Waals surface area contributed by atoms with Crippen LogP contribution in [0.2, 0.25) is 0 Å². The van der Waals surface area contributed by atoms with Crippen molar-refractivity contribution >= 4 is 61.9 Å². The summed E-state index contributed by atoms with van der Waals surface area (Å²) in [5.41, 5.74) is 1.24. The van der Waals surface area contributed by atoms with Crippen molar-refractivity contribution in [1.82, 2.24) is 9.55 Å². The molecule has 4 rings (SSSR count). The van der Waals surface area contributed by atoms with E-state index in [0.29, 0.717) is 20.9 Å². The van der Waals surface area contributed by atoms with E-state index in [2.05, 4.69) is 16.9 Å². The van der Waals surface area contributed by atoms with E-state index in [-0.39, 0.29) is 29.2 Å². The molecule has 1 N–H and O–H groups in total. The van der Waals surface area contributed by atoms with Crippen LogP contribution >= 0.6 is 34.4 Å². The van der Waals surface area contributed by atoms with Gasteiger partial charge >= 0.3 is 0 Å². The van der Waals surface area contributed by atoms with Crippen LogP contribution in [-0.4, -0.2) is 26.1 Å². The summed E-state index contributed by atoms with van der Waals surface area (Å²) >= 11 is 4.03. The van der Waals surface area contributed by atoms with E-state index in [1.54, 1.807) is 36.5 Å². The molecule has 8 nitrogen and oxygen atoms in total. The second kappa shape index (κ2) is 9.69. The topological polar surface area (TPSA) is 107 Å². The summed E-state index contributed by atoms with van der Waals surface area (Å²) in [5, 5.41) is 18.7. The highest BCUT2D eigenvalue weighted by molar-refractivity contribution is 7.99. The zero-order valence-electron chi connectivity index (χ0n) is 17.4. The van der Waals surface area contributed by atoms with Gasteiger partial charge in [0.15, 0.2) is 5.16 Å². The number of allylic oxidation sites excluding steroid dienone is 1. The average Bonchev–Trinajstić information content (AvgIpc) is 3.45. The minimum atomic E-state index is -0.533. The predicted octanol–water partition coefficient (Wildman–Crippen LogP) is 5.32. The van der Waals surface area contributed by atoms with E-state index in [0.717, 1.165) is 22.2 Å². The number of rotatable bonds is 8. The fraction of sp³-hybridized carbons (Fsp3) is 0.136. The zero-order chi connectivity index (χ0) is 23.5. The first-order valence-electron chi connectivity index (χ1n) is 9.74. The number of hydrogen-bond donors (Lipinski definition) is 1. The maximum Gasteiger partial charge on any atom is 0.293 e. The lowest BCUT2D eigenvalue weighted by Crippen LogP contribution is -2.23. The van der Waals surface area contributed by atoms with Gasteiger partial charge < -0.3 is 5.32 Å². The van der Waals surface area contributed by atoms with Crippen molar-refractivity contribution < 1.29 is 9.72 Å². The molecule has 1 amide bonds. The number of nitrogens with one attached hydrogen (secondary N) is 1. The van der Waals surface area contributed by atoms with E-state index < -0.39 is 10.8 Å². The number of carbonyl (C=O) groups is 1. The Bertz CT molecular complexity index is 1420. The van der Waals surface area contributed by atoms with Crippen molar-refractivity contribution in [2.24, 2.45) is 0 Å².